The van der Waals surface area contributed by atoms with Crippen molar-refractivity contribution in [2.24, 2.45) is 27.4 Å². The molecule has 1 heterocycles. The zero-order valence-electron chi connectivity index (χ0n) is 14.0. The third-order valence-corrected chi connectivity index (χ3v) is 4.34. The van der Waals surface area contributed by atoms with Crippen molar-refractivity contribution in [3.63, 3.8) is 0 Å². The second-order valence-electron chi connectivity index (χ2n) is 6.21. The van der Waals surface area contributed by atoms with Gasteiger partial charge in [0, 0.05) is 14.1 Å². The Labute approximate surface area is 141 Å². The summed E-state index contributed by atoms with van der Waals surface area (Å²) in [7, 11) is 3.85. The number of hydrogen-bond donors (Lipinski definition) is 2. The third-order valence-electron chi connectivity index (χ3n) is 4.34. The van der Waals surface area contributed by atoms with Crippen LogP contribution in [0.1, 0.15) is 18.1 Å². The van der Waals surface area contributed by atoms with Crippen molar-refractivity contribution in [2.75, 3.05) is 19.0 Å². The number of anilines is 1. The molecule has 0 amide bonds. The second kappa shape index (κ2) is 5.85. The van der Waals surface area contributed by atoms with Gasteiger partial charge in [-0.05, 0) is 35.8 Å². The van der Waals surface area contributed by atoms with Gasteiger partial charge in [-0.25, -0.2) is 9.98 Å². The number of rotatable bonds is 2. The Morgan fingerprint density at radius 3 is 2.62 bits per heavy atom. The molecular formula is C18H20N6. The van der Waals surface area contributed by atoms with Crippen LogP contribution in [0.2, 0.25) is 0 Å². The average Bonchev–Trinajstić information content (AvgIpc) is 2.54. The van der Waals surface area contributed by atoms with Gasteiger partial charge in [-0.15, -0.1) is 0 Å². The number of nitrogens with two attached hydrogens (primary N) is 2. The van der Waals surface area contributed by atoms with E-state index >= 15 is 0 Å². The van der Waals surface area contributed by atoms with Gasteiger partial charge in [0.05, 0.1) is 23.2 Å². The summed E-state index contributed by atoms with van der Waals surface area (Å²) in [5.41, 5.74) is 16.4. The van der Waals surface area contributed by atoms with Crippen molar-refractivity contribution in [1.82, 2.24) is 0 Å². The highest BCUT2D eigenvalue weighted by atomic mass is 15.1. The van der Waals surface area contributed by atoms with Gasteiger partial charge in [0.1, 0.15) is 11.9 Å². The molecule has 1 aromatic carbocycles. The van der Waals surface area contributed by atoms with Gasteiger partial charge >= 0.3 is 0 Å². The first-order valence-corrected chi connectivity index (χ1v) is 7.70. The molecule has 2 unspecified atom stereocenters. The maximum absolute atomic E-state index is 9.43. The van der Waals surface area contributed by atoms with Crippen LogP contribution in [-0.2, 0) is 0 Å². The molecule has 0 spiro atoms. The Morgan fingerprint density at radius 2 is 1.96 bits per heavy atom. The van der Waals surface area contributed by atoms with Crippen LogP contribution in [0.4, 0.5) is 5.69 Å². The molecule has 6 nitrogen and oxygen atoms in total. The molecule has 3 rings (SSSR count). The fourth-order valence-electron chi connectivity index (χ4n) is 3.14. The highest BCUT2D eigenvalue weighted by Crippen LogP contribution is 2.34. The highest BCUT2D eigenvalue weighted by Gasteiger charge is 2.29. The molecule has 0 aromatic heterocycles. The summed E-state index contributed by atoms with van der Waals surface area (Å²) >= 11 is 0. The number of allylic oxidation sites excluding steroid dienone is 2. The highest BCUT2D eigenvalue weighted by molar-refractivity contribution is 6.00. The van der Waals surface area contributed by atoms with E-state index in [1.807, 2.05) is 44.1 Å². The second-order valence-corrected chi connectivity index (χ2v) is 6.21. The lowest BCUT2D eigenvalue weighted by atomic mass is 9.83. The van der Waals surface area contributed by atoms with E-state index in [9.17, 15) is 5.26 Å². The number of amidine groups is 1. The minimum Gasteiger partial charge on any atom is -0.386 e. The van der Waals surface area contributed by atoms with E-state index in [0.29, 0.717) is 11.4 Å². The van der Waals surface area contributed by atoms with Crippen molar-refractivity contribution < 1.29 is 0 Å². The van der Waals surface area contributed by atoms with Gasteiger partial charge in [0.15, 0.2) is 0 Å². The van der Waals surface area contributed by atoms with Crippen molar-refractivity contribution >= 4 is 23.1 Å². The van der Waals surface area contributed by atoms with Crippen molar-refractivity contribution in [3.8, 4) is 6.07 Å². The van der Waals surface area contributed by atoms with Crippen molar-refractivity contribution in [3.05, 3.63) is 47.1 Å². The number of guanidine groups is 1. The molecule has 2 atom stereocenters. The average molecular weight is 320 g/mol. The standard InChI is InChI=1S/C18H20N6/c1-10-6-14-15(22-18(21)23-17(14)20)8-13(10)11-4-5-16(24(2)3)12(7-11)9-19/h4-8,14-15H,1-3H3,(H4,20,21,22,23). The van der Waals surface area contributed by atoms with Crippen LogP contribution < -0.4 is 16.4 Å². The lowest BCUT2D eigenvalue weighted by Gasteiger charge is -2.28. The molecule has 122 valence electrons. The lowest BCUT2D eigenvalue weighted by Crippen LogP contribution is -2.38. The van der Waals surface area contributed by atoms with Crippen LogP contribution in [0.15, 0.2) is 45.9 Å². The Hall–Kier alpha value is -3.07. The molecule has 0 bridgehead atoms. The van der Waals surface area contributed by atoms with E-state index in [1.54, 1.807) is 0 Å². The molecule has 0 saturated heterocycles. The van der Waals surface area contributed by atoms with Crippen LogP contribution in [0.25, 0.3) is 5.57 Å². The molecule has 0 fully saturated rings. The zero-order chi connectivity index (χ0) is 17.4. The van der Waals surface area contributed by atoms with E-state index in [2.05, 4.69) is 28.2 Å². The molecule has 24 heavy (non-hydrogen) atoms. The number of fused-ring (bicyclic) bond motifs is 1. The van der Waals surface area contributed by atoms with Crippen LogP contribution in [-0.4, -0.2) is 31.9 Å². The summed E-state index contributed by atoms with van der Waals surface area (Å²) in [6, 6.07) is 8.00. The maximum Gasteiger partial charge on any atom is 0.217 e. The van der Waals surface area contributed by atoms with Crippen LogP contribution >= 0.6 is 0 Å². The minimum atomic E-state index is -0.153. The fraction of sp³-hybridized carbons (Fsp3) is 0.278. The Morgan fingerprint density at radius 1 is 1.21 bits per heavy atom. The monoisotopic (exact) mass is 320 g/mol. The fourth-order valence-corrected chi connectivity index (χ4v) is 3.14. The first-order valence-electron chi connectivity index (χ1n) is 7.70. The summed E-state index contributed by atoms with van der Waals surface area (Å²) in [6.07, 6.45) is 4.13. The van der Waals surface area contributed by atoms with Gasteiger partial charge < -0.3 is 16.4 Å². The largest absolute Gasteiger partial charge is 0.386 e. The molecule has 2 aliphatic rings. The number of benzene rings is 1. The molecule has 1 aliphatic heterocycles. The van der Waals surface area contributed by atoms with Crippen molar-refractivity contribution in [2.45, 2.75) is 13.0 Å². The topological polar surface area (TPSA) is 104 Å². The predicted octanol–water partition coefficient (Wildman–Crippen LogP) is 1.64. The van der Waals surface area contributed by atoms with E-state index in [0.717, 1.165) is 22.4 Å². The Bertz CT molecular complexity index is 851. The van der Waals surface area contributed by atoms with Crippen LogP contribution in [0.5, 0.6) is 0 Å². The SMILES string of the molecule is CC1=CC2C(N)=NC(N)=NC2C=C1c1ccc(N(C)C)c(C#N)c1. The summed E-state index contributed by atoms with van der Waals surface area (Å²) in [6.45, 7) is 2.03. The van der Waals surface area contributed by atoms with Gasteiger partial charge in [0.25, 0.3) is 0 Å². The number of hydrogen-bond acceptors (Lipinski definition) is 6. The number of aliphatic imine (C=N–C) groups is 2. The van der Waals surface area contributed by atoms with E-state index < -0.39 is 0 Å². The third kappa shape index (κ3) is 2.65. The van der Waals surface area contributed by atoms with Crippen LogP contribution in [0, 0.1) is 17.2 Å². The Balaban J connectivity index is 2.05. The molecule has 4 N–H and O–H groups in total. The van der Waals surface area contributed by atoms with Crippen molar-refractivity contribution in [1.29, 1.82) is 5.26 Å². The molecule has 0 radical (unpaired) electrons. The van der Waals surface area contributed by atoms with E-state index in [-0.39, 0.29) is 17.9 Å². The maximum atomic E-state index is 9.43. The van der Waals surface area contributed by atoms with Gasteiger partial charge in [-0.3, -0.25) is 0 Å². The molecule has 1 aromatic rings. The Kier molecular flexibility index (Phi) is 3.86. The molecule has 6 heteroatoms. The number of nitriles is 1. The van der Waals surface area contributed by atoms with Gasteiger partial charge in [-0.2, -0.15) is 5.26 Å². The zero-order valence-corrected chi connectivity index (χ0v) is 14.0. The lowest BCUT2D eigenvalue weighted by molar-refractivity contribution is 0.698. The molecule has 0 saturated carbocycles. The smallest absolute Gasteiger partial charge is 0.217 e. The minimum absolute atomic E-state index is 0.0578. The first kappa shape index (κ1) is 15.8. The predicted molar refractivity (Wildman–Crippen MR) is 97.7 cm³/mol. The molecule has 1 aliphatic carbocycles. The summed E-state index contributed by atoms with van der Waals surface area (Å²) in [5, 5.41) is 9.43. The summed E-state index contributed by atoms with van der Waals surface area (Å²) in [4.78, 5) is 10.4. The summed E-state index contributed by atoms with van der Waals surface area (Å²) < 4.78 is 0. The van der Waals surface area contributed by atoms with E-state index in [4.69, 9.17) is 11.5 Å². The number of nitrogens with zero attached hydrogens (tertiary/aromatic N) is 4. The first-order chi connectivity index (χ1) is 11.4. The normalized spacial score (nSPS) is 22.4. The quantitative estimate of drug-likeness (QED) is 0.864. The van der Waals surface area contributed by atoms with Gasteiger partial charge in [0.2, 0.25) is 5.96 Å². The summed E-state index contributed by atoms with van der Waals surface area (Å²) in [5.74, 6) is 0.637. The molecular weight excluding hydrogens is 300 g/mol. The van der Waals surface area contributed by atoms with E-state index in [1.165, 1.54) is 0 Å². The van der Waals surface area contributed by atoms with Crippen LogP contribution in [0.3, 0.4) is 0 Å². The van der Waals surface area contributed by atoms with Gasteiger partial charge in [-0.1, -0.05) is 18.2 Å².